The molecule has 2 aliphatic rings. The van der Waals surface area contributed by atoms with Crippen LogP contribution >= 0.6 is 11.8 Å². The van der Waals surface area contributed by atoms with Crippen LogP contribution < -0.4 is 4.90 Å². The number of aliphatic carboxylic acids is 1. The SMILES string of the molecule is CCn1c(SCC(=O)O)nnc1N1CC2CCC(C1)O2. The van der Waals surface area contributed by atoms with E-state index >= 15 is 0 Å². The second kappa shape index (κ2) is 5.61. The molecule has 0 radical (unpaired) electrons. The van der Waals surface area contributed by atoms with Gasteiger partial charge in [0.2, 0.25) is 5.95 Å². The summed E-state index contributed by atoms with van der Waals surface area (Å²) in [6.45, 7) is 4.44. The number of hydrogen-bond donors (Lipinski definition) is 1. The van der Waals surface area contributed by atoms with Gasteiger partial charge in [-0.1, -0.05) is 11.8 Å². The van der Waals surface area contributed by atoms with Crippen LogP contribution in [-0.2, 0) is 16.1 Å². The van der Waals surface area contributed by atoms with E-state index < -0.39 is 5.97 Å². The van der Waals surface area contributed by atoms with Crippen molar-refractivity contribution in [2.45, 2.75) is 43.7 Å². The summed E-state index contributed by atoms with van der Waals surface area (Å²) in [5.41, 5.74) is 0. The highest BCUT2D eigenvalue weighted by molar-refractivity contribution is 7.99. The number of carboxylic acid groups (broad SMARTS) is 1. The van der Waals surface area contributed by atoms with Gasteiger partial charge in [-0.15, -0.1) is 10.2 Å². The Balaban J connectivity index is 1.77. The third-order valence-electron chi connectivity index (χ3n) is 3.66. The highest BCUT2D eigenvalue weighted by atomic mass is 32.2. The Morgan fingerprint density at radius 2 is 2.10 bits per heavy atom. The van der Waals surface area contributed by atoms with Gasteiger partial charge in [-0.3, -0.25) is 9.36 Å². The van der Waals surface area contributed by atoms with Crippen LogP contribution in [0.25, 0.3) is 0 Å². The fourth-order valence-corrected chi connectivity index (χ4v) is 3.52. The van der Waals surface area contributed by atoms with E-state index in [0.717, 1.165) is 38.4 Å². The molecule has 1 N–H and O–H groups in total. The van der Waals surface area contributed by atoms with Crippen LogP contribution in [0.1, 0.15) is 19.8 Å². The van der Waals surface area contributed by atoms with Crippen molar-refractivity contribution in [1.82, 2.24) is 14.8 Å². The van der Waals surface area contributed by atoms with Crippen LogP contribution in [0.15, 0.2) is 5.16 Å². The van der Waals surface area contributed by atoms with Crippen LogP contribution in [0.2, 0.25) is 0 Å². The van der Waals surface area contributed by atoms with Gasteiger partial charge in [0.15, 0.2) is 5.16 Å². The topological polar surface area (TPSA) is 80.5 Å². The number of morpholine rings is 1. The maximum atomic E-state index is 10.7. The standard InChI is InChI=1S/C12H18N4O3S/c1-2-16-11(13-14-12(16)20-7-10(17)18)15-5-8-3-4-9(6-15)19-8/h8-9H,2-7H2,1H3,(H,17,18). The van der Waals surface area contributed by atoms with Crippen molar-refractivity contribution in [3.63, 3.8) is 0 Å². The van der Waals surface area contributed by atoms with E-state index in [-0.39, 0.29) is 5.75 Å². The van der Waals surface area contributed by atoms with Gasteiger partial charge >= 0.3 is 5.97 Å². The van der Waals surface area contributed by atoms with Crippen LogP contribution in [-0.4, -0.2) is 56.9 Å². The third-order valence-corrected chi connectivity index (χ3v) is 4.62. The zero-order chi connectivity index (χ0) is 14.1. The Bertz CT molecular complexity index is 495. The van der Waals surface area contributed by atoms with Gasteiger partial charge in [0.25, 0.3) is 0 Å². The number of nitrogens with zero attached hydrogens (tertiary/aromatic N) is 4. The number of aromatic nitrogens is 3. The molecule has 7 nitrogen and oxygen atoms in total. The van der Waals surface area contributed by atoms with E-state index in [2.05, 4.69) is 15.1 Å². The smallest absolute Gasteiger partial charge is 0.313 e. The lowest BCUT2D eigenvalue weighted by Gasteiger charge is -2.32. The van der Waals surface area contributed by atoms with Gasteiger partial charge in [0, 0.05) is 19.6 Å². The predicted molar refractivity (Wildman–Crippen MR) is 74.2 cm³/mol. The minimum absolute atomic E-state index is 0.00644. The van der Waals surface area contributed by atoms with Gasteiger partial charge < -0.3 is 14.7 Å². The zero-order valence-electron chi connectivity index (χ0n) is 11.4. The summed E-state index contributed by atoms with van der Waals surface area (Å²) < 4.78 is 7.81. The van der Waals surface area contributed by atoms with Crippen molar-refractivity contribution < 1.29 is 14.6 Å². The van der Waals surface area contributed by atoms with Crippen molar-refractivity contribution in [2.24, 2.45) is 0 Å². The minimum Gasteiger partial charge on any atom is -0.481 e. The number of carboxylic acids is 1. The van der Waals surface area contributed by atoms with Crippen molar-refractivity contribution in [3.05, 3.63) is 0 Å². The van der Waals surface area contributed by atoms with Gasteiger partial charge in [0.05, 0.1) is 18.0 Å². The summed E-state index contributed by atoms with van der Waals surface area (Å²) in [6.07, 6.45) is 2.82. The second-order valence-corrected chi connectivity index (χ2v) is 6.01. The van der Waals surface area contributed by atoms with Gasteiger partial charge in [-0.25, -0.2) is 0 Å². The summed E-state index contributed by atoms with van der Waals surface area (Å²) >= 11 is 1.21. The summed E-state index contributed by atoms with van der Waals surface area (Å²) in [4.78, 5) is 12.9. The Kier molecular flexibility index (Phi) is 3.84. The van der Waals surface area contributed by atoms with E-state index in [1.807, 2.05) is 11.5 Å². The molecular weight excluding hydrogens is 280 g/mol. The largest absolute Gasteiger partial charge is 0.481 e. The molecule has 2 bridgehead atoms. The normalized spacial score (nSPS) is 25.1. The summed E-state index contributed by atoms with van der Waals surface area (Å²) in [6, 6.07) is 0. The average Bonchev–Trinajstić information content (AvgIpc) is 2.99. The molecule has 0 aliphatic carbocycles. The lowest BCUT2D eigenvalue weighted by molar-refractivity contribution is -0.133. The van der Waals surface area contributed by atoms with Crippen LogP contribution in [0, 0.1) is 0 Å². The number of fused-ring (bicyclic) bond motifs is 2. The molecule has 2 atom stereocenters. The van der Waals surface area contributed by atoms with Crippen molar-refractivity contribution >= 4 is 23.7 Å². The predicted octanol–water partition coefficient (Wildman–Crippen LogP) is 0.842. The molecule has 3 heterocycles. The maximum Gasteiger partial charge on any atom is 0.313 e. The Morgan fingerprint density at radius 1 is 1.40 bits per heavy atom. The first-order valence-electron chi connectivity index (χ1n) is 6.85. The first-order chi connectivity index (χ1) is 9.67. The molecule has 2 fully saturated rings. The lowest BCUT2D eigenvalue weighted by atomic mass is 10.2. The summed E-state index contributed by atoms with van der Waals surface area (Å²) in [7, 11) is 0. The molecule has 2 aliphatic heterocycles. The van der Waals surface area contributed by atoms with Crippen LogP contribution in [0.4, 0.5) is 5.95 Å². The van der Waals surface area contributed by atoms with Crippen molar-refractivity contribution in [3.8, 4) is 0 Å². The molecule has 2 unspecified atom stereocenters. The van der Waals surface area contributed by atoms with E-state index in [9.17, 15) is 4.79 Å². The maximum absolute atomic E-state index is 10.7. The molecule has 0 aromatic carbocycles. The quantitative estimate of drug-likeness (QED) is 0.807. The Labute approximate surface area is 121 Å². The molecular formula is C12H18N4O3S. The van der Waals surface area contributed by atoms with Gasteiger partial charge in [-0.2, -0.15) is 0 Å². The Morgan fingerprint density at radius 3 is 2.70 bits per heavy atom. The second-order valence-electron chi connectivity index (χ2n) is 5.07. The number of ether oxygens (including phenoxy) is 1. The molecule has 0 amide bonds. The zero-order valence-corrected chi connectivity index (χ0v) is 12.2. The molecule has 20 heavy (non-hydrogen) atoms. The van der Waals surface area contributed by atoms with E-state index in [4.69, 9.17) is 9.84 Å². The van der Waals surface area contributed by atoms with Crippen molar-refractivity contribution in [2.75, 3.05) is 23.7 Å². The first-order valence-corrected chi connectivity index (χ1v) is 7.84. The molecule has 1 aromatic heterocycles. The molecule has 1 aromatic rings. The van der Waals surface area contributed by atoms with Gasteiger partial charge in [-0.05, 0) is 19.8 Å². The highest BCUT2D eigenvalue weighted by Gasteiger charge is 2.35. The lowest BCUT2D eigenvalue weighted by Crippen LogP contribution is -2.43. The van der Waals surface area contributed by atoms with Gasteiger partial charge in [0.1, 0.15) is 0 Å². The van der Waals surface area contributed by atoms with E-state index in [1.165, 1.54) is 11.8 Å². The van der Waals surface area contributed by atoms with Crippen LogP contribution in [0.5, 0.6) is 0 Å². The first kappa shape index (κ1) is 13.7. The number of carbonyl (C=O) groups is 1. The average molecular weight is 298 g/mol. The highest BCUT2D eigenvalue weighted by Crippen LogP contribution is 2.30. The summed E-state index contributed by atoms with van der Waals surface area (Å²) in [5, 5.41) is 17.8. The number of hydrogen-bond acceptors (Lipinski definition) is 6. The third kappa shape index (κ3) is 2.62. The number of thioether (sulfide) groups is 1. The van der Waals surface area contributed by atoms with Crippen LogP contribution in [0.3, 0.4) is 0 Å². The Hall–Kier alpha value is -1.28. The van der Waals surface area contributed by atoms with Crippen molar-refractivity contribution in [1.29, 1.82) is 0 Å². The number of anilines is 1. The summed E-state index contributed by atoms with van der Waals surface area (Å²) in [5.74, 6) is -0.000771. The minimum atomic E-state index is -0.841. The molecule has 110 valence electrons. The molecule has 0 spiro atoms. The van der Waals surface area contributed by atoms with E-state index in [1.54, 1.807) is 0 Å². The fourth-order valence-electron chi connectivity index (χ4n) is 2.80. The van der Waals surface area contributed by atoms with E-state index in [0.29, 0.717) is 17.4 Å². The molecule has 0 saturated carbocycles. The molecule has 8 heteroatoms. The molecule has 2 saturated heterocycles. The fraction of sp³-hybridized carbons (Fsp3) is 0.750. The number of rotatable bonds is 5. The monoisotopic (exact) mass is 298 g/mol. The molecule has 3 rings (SSSR count).